The first-order valence-electron chi connectivity index (χ1n) is 10.3. The molecule has 2 aliphatic rings. The van der Waals surface area contributed by atoms with Gasteiger partial charge < -0.3 is 23.7 Å². The summed E-state index contributed by atoms with van der Waals surface area (Å²) in [6, 6.07) is 0. The Morgan fingerprint density at radius 3 is 2.54 bits per heavy atom. The van der Waals surface area contributed by atoms with Gasteiger partial charge in [-0.05, 0) is 49.7 Å². The first-order chi connectivity index (χ1) is 12.1. The molecule has 2 saturated heterocycles. The van der Waals surface area contributed by atoms with Gasteiger partial charge in [-0.3, -0.25) is 0 Å². The van der Waals surface area contributed by atoms with Crippen LogP contribution in [0.25, 0.3) is 0 Å². The Hall–Kier alpha value is 0.0169. The Balaban J connectivity index is 1.85. The first kappa shape index (κ1) is 22.3. The van der Waals surface area contributed by atoms with E-state index in [2.05, 4.69) is 40.8 Å². The van der Waals surface area contributed by atoms with Gasteiger partial charge in [0.2, 0.25) is 0 Å². The van der Waals surface area contributed by atoms with E-state index in [-0.39, 0.29) is 36.2 Å². The van der Waals surface area contributed by atoms with Crippen molar-refractivity contribution in [3.8, 4) is 0 Å². The van der Waals surface area contributed by atoms with E-state index < -0.39 is 8.32 Å². The molecule has 6 heteroatoms. The SMILES string of the molecule is C[C@@H](CO[Si](C)(C)C(C)(C)C)C[C@H]1O[C@H](CO)C[C@H]1OC1CCCCO1. The number of aliphatic hydroxyl groups excluding tert-OH is 1. The van der Waals surface area contributed by atoms with E-state index in [1.807, 2.05) is 0 Å². The summed E-state index contributed by atoms with van der Waals surface area (Å²) in [6.45, 7) is 15.2. The summed E-state index contributed by atoms with van der Waals surface area (Å²) >= 11 is 0. The molecule has 1 unspecified atom stereocenters. The molecule has 154 valence electrons. The van der Waals surface area contributed by atoms with E-state index in [0.29, 0.717) is 5.92 Å². The van der Waals surface area contributed by atoms with Gasteiger partial charge in [0, 0.05) is 19.6 Å². The average Bonchev–Trinajstić information content (AvgIpc) is 2.95. The van der Waals surface area contributed by atoms with Crippen molar-refractivity contribution in [2.24, 2.45) is 5.92 Å². The average molecular weight is 389 g/mol. The van der Waals surface area contributed by atoms with Crippen molar-refractivity contribution < 1.29 is 23.7 Å². The molecule has 2 fully saturated rings. The summed E-state index contributed by atoms with van der Waals surface area (Å²) < 4.78 is 24.4. The predicted octanol–water partition coefficient (Wildman–Crippen LogP) is 4.10. The van der Waals surface area contributed by atoms with Crippen LogP contribution in [0.1, 0.15) is 59.8 Å². The lowest BCUT2D eigenvalue weighted by Crippen LogP contribution is -2.42. The molecule has 0 amide bonds. The molecule has 2 rings (SSSR count). The van der Waals surface area contributed by atoms with Gasteiger partial charge >= 0.3 is 0 Å². The van der Waals surface area contributed by atoms with E-state index in [1.54, 1.807) is 0 Å². The van der Waals surface area contributed by atoms with Crippen LogP contribution in [0.2, 0.25) is 18.1 Å². The summed E-state index contributed by atoms with van der Waals surface area (Å²) in [7, 11) is -1.73. The normalized spacial score (nSPS) is 32.0. The maximum atomic E-state index is 9.51. The number of rotatable bonds is 8. The maximum absolute atomic E-state index is 9.51. The number of hydrogen-bond acceptors (Lipinski definition) is 5. The highest BCUT2D eigenvalue weighted by Crippen LogP contribution is 2.37. The third-order valence-corrected chi connectivity index (χ3v) is 10.6. The van der Waals surface area contributed by atoms with E-state index >= 15 is 0 Å². The minimum absolute atomic E-state index is 0.00516. The summed E-state index contributed by atoms with van der Waals surface area (Å²) in [5, 5.41) is 9.73. The second kappa shape index (κ2) is 9.48. The summed E-state index contributed by atoms with van der Waals surface area (Å²) in [5.74, 6) is 0.393. The smallest absolute Gasteiger partial charge is 0.191 e. The van der Waals surface area contributed by atoms with Crippen LogP contribution in [0, 0.1) is 5.92 Å². The fourth-order valence-electron chi connectivity index (χ4n) is 3.31. The summed E-state index contributed by atoms with van der Waals surface area (Å²) in [5.41, 5.74) is 0. The molecular formula is C20H40O5Si. The molecule has 1 N–H and O–H groups in total. The van der Waals surface area contributed by atoms with Gasteiger partial charge in [-0.25, -0.2) is 0 Å². The van der Waals surface area contributed by atoms with Crippen molar-refractivity contribution in [3.05, 3.63) is 0 Å². The van der Waals surface area contributed by atoms with Crippen LogP contribution in [0.5, 0.6) is 0 Å². The van der Waals surface area contributed by atoms with Gasteiger partial charge in [0.15, 0.2) is 14.6 Å². The molecule has 2 heterocycles. The molecule has 5 nitrogen and oxygen atoms in total. The van der Waals surface area contributed by atoms with Gasteiger partial charge in [0.05, 0.1) is 24.9 Å². The van der Waals surface area contributed by atoms with Crippen LogP contribution < -0.4 is 0 Å². The lowest BCUT2D eigenvalue weighted by atomic mass is 10.00. The molecule has 0 aliphatic carbocycles. The molecular weight excluding hydrogens is 348 g/mol. The van der Waals surface area contributed by atoms with Crippen molar-refractivity contribution in [2.45, 2.75) is 103 Å². The summed E-state index contributed by atoms with van der Waals surface area (Å²) in [4.78, 5) is 0. The highest BCUT2D eigenvalue weighted by atomic mass is 28.4. The third kappa shape index (κ3) is 6.28. The highest BCUT2D eigenvalue weighted by Gasteiger charge is 2.40. The molecule has 26 heavy (non-hydrogen) atoms. The fraction of sp³-hybridized carbons (Fsp3) is 1.00. The van der Waals surface area contributed by atoms with Gasteiger partial charge in [-0.15, -0.1) is 0 Å². The Labute approximate surface area is 160 Å². The van der Waals surface area contributed by atoms with Gasteiger partial charge in [-0.2, -0.15) is 0 Å². The monoisotopic (exact) mass is 388 g/mol. The standard InChI is InChI=1S/C20H40O5Si/c1-15(14-23-26(5,6)20(2,3)4)11-17-18(12-16(13-21)24-17)25-19-9-7-8-10-22-19/h15-19,21H,7-14H2,1-6H3/t15-,16+,17-,18-,19?/m1/s1. The van der Waals surface area contributed by atoms with Crippen molar-refractivity contribution in [1.29, 1.82) is 0 Å². The van der Waals surface area contributed by atoms with Crippen LogP contribution >= 0.6 is 0 Å². The molecule has 0 aromatic carbocycles. The second-order valence-electron chi connectivity index (χ2n) is 9.60. The minimum Gasteiger partial charge on any atom is -0.417 e. The Bertz CT molecular complexity index is 417. The lowest BCUT2D eigenvalue weighted by Gasteiger charge is -2.37. The molecule has 0 saturated carbocycles. The molecule has 5 atom stereocenters. The van der Waals surface area contributed by atoms with Crippen LogP contribution in [0.15, 0.2) is 0 Å². The van der Waals surface area contributed by atoms with Crippen LogP contribution in [-0.2, 0) is 18.6 Å². The topological polar surface area (TPSA) is 57.2 Å². The van der Waals surface area contributed by atoms with Crippen molar-refractivity contribution in [3.63, 3.8) is 0 Å². The second-order valence-corrected chi connectivity index (χ2v) is 14.4. The largest absolute Gasteiger partial charge is 0.417 e. The third-order valence-electron chi connectivity index (χ3n) is 6.11. The van der Waals surface area contributed by atoms with Gasteiger partial charge in [0.1, 0.15) is 0 Å². The number of aliphatic hydroxyl groups is 1. The van der Waals surface area contributed by atoms with E-state index in [4.69, 9.17) is 18.6 Å². The zero-order valence-electron chi connectivity index (χ0n) is 17.6. The predicted molar refractivity (Wildman–Crippen MR) is 106 cm³/mol. The highest BCUT2D eigenvalue weighted by molar-refractivity contribution is 6.74. The van der Waals surface area contributed by atoms with Gasteiger partial charge in [-0.1, -0.05) is 27.7 Å². The summed E-state index contributed by atoms with van der Waals surface area (Å²) in [6.07, 6.45) is 4.64. The van der Waals surface area contributed by atoms with Crippen molar-refractivity contribution in [2.75, 3.05) is 19.8 Å². The Morgan fingerprint density at radius 1 is 1.23 bits per heavy atom. The van der Waals surface area contributed by atoms with E-state index in [0.717, 1.165) is 45.3 Å². The molecule has 0 aromatic heterocycles. The van der Waals surface area contributed by atoms with E-state index in [1.165, 1.54) is 0 Å². The van der Waals surface area contributed by atoms with Crippen molar-refractivity contribution >= 4 is 8.32 Å². The van der Waals surface area contributed by atoms with E-state index in [9.17, 15) is 5.11 Å². The van der Waals surface area contributed by atoms with Crippen LogP contribution in [-0.4, -0.2) is 57.8 Å². The fourth-order valence-corrected chi connectivity index (χ4v) is 4.45. The Kier molecular flexibility index (Phi) is 8.13. The maximum Gasteiger partial charge on any atom is 0.191 e. The van der Waals surface area contributed by atoms with Crippen LogP contribution in [0.4, 0.5) is 0 Å². The first-order valence-corrected chi connectivity index (χ1v) is 13.2. The molecule has 0 radical (unpaired) electrons. The lowest BCUT2D eigenvalue weighted by molar-refractivity contribution is -0.198. The minimum atomic E-state index is -1.73. The zero-order valence-corrected chi connectivity index (χ0v) is 18.6. The number of hydrogen-bond donors (Lipinski definition) is 1. The molecule has 0 bridgehead atoms. The quantitative estimate of drug-likeness (QED) is 0.635. The number of ether oxygens (including phenoxy) is 3. The Morgan fingerprint density at radius 2 is 1.96 bits per heavy atom. The van der Waals surface area contributed by atoms with Crippen molar-refractivity contribution in [1.82, 2.24) is 0 Å². The molecule has 0 aromatic rings. The van der Waals surface area contributed by atoms with Gasteiger partial charge in [0.25, 0.3) is 0 Å². The molecule has 2 aliphatic heterocycles. The van der Waals surface area contributed by atoms with Crippen LogP contribution in [0.3, 0.4) is 0 Å². The molecule has 0 spiro atoms. The zero-order chi connectivity index (χ0) is 19.4.